The molecular weight excluding hydrogens is 400 g/mol. The Morgan fingerprint density at radius 3 is 2.41 bits per heavy atom. The Balaban J connectivity index is 1.30. The molecule has 1 aliphatic heterocycles. The highest BCUT2D eigenvalue weighted by atomic mass is 16.5. The third kappa shape index (κ3) is 4.96. The molecule has 0 amide bonds. The number of aromatic nitrogens is 1. The van der Waals surface area contributed by atoms with E-state index in [2.05, 4.69) is 37.9 Å². The summed E-state index contributed by atoms with van der Waals surface area (Å²) >= 11 is 0. The molecule has 170 valence electrons. The summed E-state index contributed by atoms with van der Waals surface area (Å²) in [4.78, 5) is 6.36. The van der Waals surface area contributed by atoms with Crippen molar-refractivity contribution < 1.29 is 14.9 Å². The molecule has 1 aromatic heterocycles. The van der Waals surface area contributed by atoms with Crippen LogP contribution in [-0.2, 0) is 11.0 Å². The molecule has 2 aromatic carbocycles. The van der Waals surface area contributed by atoms with Gasteiger partial charge in [-0.1, -0.05) is 57.2 Å². The fraction of sp³-hybridized carbons (Fsp3) is 0.444. The van der Waals surface area contributed by atoms with Crippen LogP contribution in [0.25, 0.3) is 10.8 Å². The second-order valence-corrected chi connectivity index (χ2v) is 9.87. The Bertz CT molecular complexity index is 1030. The number of rotatable bonds is 6. The van der Waals surface area contributed by atoms with Gasteiger partial charge in [0.1, 0.15) is 12.0 Å². The van der Waals surface area contributed by atoms with Crippen LogP contribution in [0, 0.1) is 0 Å². The molecule has 4 rings (SSSR count). The maximum atomic E-state index is 11.4. The van der Waals surface area contributed by atoms with Gasteiger partial charge in [-0.15, -0.1) is 0 Å². The van der Waals surface area contributed by atoms with E-state index in [1.807, 2.05) is 47.5 Å². The number of hydrogen-bond acceptors (Lipinski definition) is 5. The average Bonchev–Trinajstić information content (AvgIpc) is 2.79. The Hall–Kier alpha value is -2.47. The summed E-state index contributed by atoms with van der Waals surface area (Å²) in [5, 5.41) is 24.1. The number of hydrogen-bond donors (Lipinski definition) is 2. The fourth-order valence-electron chi connectivity index (χ4n) is 4.46. The number of likely N-dealkylation sites (tertiary alicyclic amines) is 1. The van der Waals surface area contributed by atoms with Crippen LogP contribution in [0.2, 0.25) is 0 Å². The van der Waals surface area contributed by atoms with Crippen molar-refractivity contribution in [2.45, 2.75) is 57.3 Å². The van der Waals surface area contributed by atoms with E-state index in [9.17, 15) is 10.2 Å². The van der Waals surface area contributed by atoms with Crippen LogP contribution in [0.5, 0.6) is 5.75 Å². The van der Waals surface area contributed by atoms with Gasteiger partial charge in [0.15, 0.2) is 0 Å². The van der Waals surface area contributed by atoms with Gasteiger partial charge in [0.25, 0.3) is 0 Å². The molecular formula is C27H34N2O3. The lowest BCUT2D eigenvalue weighted by Gasteiger charge is -2.40. The van der Waals surface area contributed by atoms with Gasteiger partial charge in [0.05, 0.1) is 12.2 Å². The third-order valence-electron chi connectivity index (χ3n) is 6.58. The summed E-state index contributed by atoms with van der Waals surface area (Å²) in [6, 6.07) is 16.2. The Morgan fingerprint density at radius 1 is 1.03 bits per heavy atom. The largest absolute Gasteiger partial charge is 0.493 e. The van der Waals surface area contributed by atoms with Crippen LogP contribution in [0.1, 0.15) is 51.2 Å². The van der Waals surface area contributed by atoms with Gasteiger partial charge >= 0.3 is 0 Å². The van der Waals surface area contributed by atoms with Gasteiger partial charge in [0.2, 0.25) is 0 Å². The van der Waals surface area contributed by atoms with Crippen molar-refractivity contribution in [3.05, 3.63) is 72.1 Å². The molecule has 1 fully saturated rings. The smallest absolute Gasteiger partial charge is 0.119 e. The Morgan fingerprint density at radius 2 is 1.72 bits per heavy atom. The molecule has 5 heteroatoms. The SMILES string of the molecule is CC(C)(C)c1ccc(OCC[C@H](O)N2CCC(O)(c3cncc4ccccc34)CC2)cc1. The summed E-state index contributed by atoms with van der Waals surface area (Å²) in [5.74, 6) is 0.821. The summed E-state index contributed by atoms with van der Waals surface area (Å²) in [7, 11) is 0. The van der Waals surface area contributed by atoms with Gasteiger partial charge in [-0.05, 0) is 41.3 Å². The van der Waals surface area contributed by atoms with Crippen molar-refractivity contribution >= 4 is 10.8 Å². The van der Waals surface area contributed by atoms with Gasteiger partial charge < -0.3 is 14.9 Å². The van der Waals surface area contributed by atoms with Crippen molar-refractivity contribution in [1.29, 1.82) is 0 Å². The van der Waals surface area contributed by atoms with Crippen LogP contribution in [0.4, 0.5) is 0 Å². The Kier molecular flexibility index (Phi) is 6.52. The molecule has 0 aliphatic carbocycles. The zero-order valence-corrected chi connectivity index (χ0v) is 19.3. The van der Waals surface area contributed by atoms with Gasteiger partial charge in [-0.3, -0.25) is 9.88 Å². The van der Waals surface area contributed by atoms with Crippen LogP contribution in [0.3, 0.4) is 0 Å². The molecule has 2 N–H and O–H groups in total. The second kappa shape index (κ2) is 9.18. The molecule has 0 radical (unpaired) electrons. The minimum atomic E-state index is -0.921. The standard InChI is InChI=1S/C27H34N2O3/c1-26(2,3)21-8-10-22(11-9-21)32-17-12-25(30)29-15-13-27(31,14-16-29)24-19-28-18-20-6-4-5-7-23(20)24/h4-11,18-19,25,30-31H,12-17H2,1-3H3/t25-/m0/s1. The highest BCUT2D eigenvalue weighted by molar-refractivity contribution is 5.85. The first-order valence-corrected chi connectivity index (χ1v) is 11.5. The summed E-state index contributed by atoms with van der Waals surface area (Å²) in [5.41, 5.74) is 1.35. The predicted octanol–water partition coefficient (Wildman–Crippen LogP) is 4.60. The van der Waals surface area contributed by atoms with Crippen LogP contribution < -0.4 is 4.74 Å². The van der Waals surface area contributed by atoms with E-state index in [1.165, 1.54) is 5.56 Å². The summed E-state index contributed by atoms with van der Waals surface area (Å²) in [6.07, 6.45) is 4.68. The number of ether oxygens (including phenoxy) is 1. The van der Waals surface area contributed by atoms with Crippen LogP contribution in [0.15, 0.2) is 60.9 Å². The van der Waals surface area contributed by atoms with Crippen molar-refractivity contribution in [2.24, 2.45) is 0 Å². The van der Waals surface area contributed by atoms with Crippen molar-refractivity contribution in [2.75, 3.05) is 19.7 Å². The zero-order chi connectivity index (χ0) is 22.8. The van der Waals surface area contributed by atoms with Crippen LogP contribution in [-0.4, -0.2) is 46.0 Å². The first kappa shape index (κ1) is 22.7. The molecule has 0 unspecified atom stereocenters. The zero-order valence-electron chi connectivity index (χ0n) is 19.3. The Labute approximate surface area is 190 Å². The van der Waals surface area contributed by atoms with Crippen LogP contribution >= 0.6 is 0 Å². The van der Waals surface area contributed by atoms with Gasteiger partial charge in [-0.2, -0.15) is 0 Å². The number of fused-ring (bicyclic) bond motifs is 1. The predicted molar refractivity (Wildman–Crippen MR) is 128 cm³/mol. The molecule has 5 nitrogen and oxygen atoms in total. The minimum absolute atomic E-state index is 0.118. The number of piperidine rings is 1. The molecule has 32 heavy (non-hydrogen) atoms. The van der Waals surface area contributed by atoms with Crippen molar-refractivity contribution in [1.82, 2.24) is 9.88 Å². The van der Waals surface area contributed by atoms with E-state index < -0.39 is 11.8 Å². The lowest BCUT2D eigenvalue weighted by molar-refractivity contribution is -0.0814. The minimum Gasteiger partial charge on any atom is -0.493 e. The molecule has 0 saturated carbocycles. The number of aliphatic hydroxyl groups is 2. The summed E-state index contributed by atoms with van der Waals surface area (Å²) in [6.45, 7) is 8.27. The molecule has 0 bridgehead atoms. The van der Waals surface area contributed by atoms with E-state index in [4.69, 9.17) is 4.74 Å². The second-order valence-electron chi connectivity index (χ2n) is 9.87. The lowest BCUT2D eigenvalue weighted by Crippen LogP contribution is -2.47. The fourth-order valence-corrected chi connectivity index (χ4v) is 4.46. The summed E-state index contributed by atoms with van der Waals surface area (Å²) < 4.78 is 5.85. The molecule has 0 spiro atoms. The van der Waals surface area contributed by atoms with E-state index in [1.54, 1.807) is 6.20 Å². The molecule has 1 saturated heterocycles. The molecule has 3 aromatic rings. The van der Waals surface area contributed by atoms with E-state index in [0.717, 1.165) is 22.1 Å². The van der Waals surface area contributed by atoms with E-state index >= 15 is 0 Å². The number of aliphatic hydroxyl groups excluding tert-OH is 1. The first-order chi connectivity index (χ1) is 15.3. The number of pyridine rings is 1. The maximum Gasteiger partial charge on any atom is 0.119 e. The molecule has 1 atom stereocenters. The number of benzene rings is 2. The highest BCUT2D eigenvalue weighted by Gasteiger charge is 2.37. The maximum absolute atomic E-state index is 11.4. The quantitative estimate of drug-likeness (QED) is 0.593. The third-order valence-corrected chi connectivity index (χ3v) is 6.58. The van der Waals surface area contributed by atoms with Crippen molar-refractivity contribution in [3.8, 4) is 5.75 Å². The first-order valence-electron chi connectivity index (χ1n) is 11.5. The van der Waals surface area contributed by atoms with E-state index in [0.29, 0.717) is 39.0 Å². The molecule has 1 aliphatic rings. The lowest BCUT2D eigenvalue weighted by atomic mass is 9.83. The highest BCUT2D eigenvalue weighted by Crippen LogP contribution is 2.37. The average molecular weight is 435 g/mol. The molecule has 2 heterocycles. The van der Waals surface area contributed by atoms with Gasteiger partial charge in [-0.25, -0.2) is 0 Å². The topological polar surface area (TPSA) is 65.8 Å². The normalized spacial score (nSPS) is 17.9. The van der Waals surface area contributed by atoms with Crippen molar-refractivity contribution in [3.63, 3.8) is 0 Å². The van der Waals surface area contributed by atoms with E-state index in [-0.39, 0.29) is 5.41 Å². The number of nitrogens with zero attached hydrogens (tertiary/aromatic N) is 2. The van der Waals surface area contributed by atoms with Gasteiger partial charge in [0, 0.05) is 42.9 Å². The monoisotopic (exact) mass is 434 g/mol.